The number of hydroxylamine groups is 2. The SMILES string of the molecule is CON(C)C(=O)[C@@H]1C(c2ccccc2)C2(C3CC4OC3C3C(O)OC(=O)C43)Oc3cc(C)cc(C)c3[C@]2(O)[C@@H]1O. The first kappa shape index (κ1) is 25.9. The van der Waals surface area contributed by atoms with Crippen LogP contribution in [0.5, 0.6) is 5.75 Å². The summed E-state index contributed by atoms with van der Waals surface area (Å²) in [5.41, 5.74) is -0.847. The van der Waals surface area contributed by atoms with Crippen molar-refractivity contribution >= 4 is 11.9 Å². The van der Waals surface area contributed by atoms with Crippen LogP contribution in [0, 0.1) is 37.5 Å². The Morgan fingerprint density at radius 2 is 1.88 bits per heavy atom. The van der Waals surface area contributed by atoms with Gasteiger partial charge in [-0.25, -0.2) is 5.06 Å². The van der Waals surface area contributed by atoms with Gasteiger partial charge in [-0.05, 0) is 43.0 Å². The van der Waals surface area contributed by atoms with Gasteiger partial charge in [0.1, 0.15) is 11.9 Å². The predicted octanol–water partition coefficient (Wildman–Crippen LogP) is 1.31. The molecule has 0 aromatic heterocycles. The number of carbonyl (C=O) groups is 2. The first-order chi connectivity index (χ1) is 19.1. The predicted molar refractivity (Wildman–Crippen MR) is 137 cm³/mol. The molecule has 11 atom stereocenters. The fourth-order valence-electron chi connectivity index (χ4n) is 8.75. The van der Waals surface area contributed by atoms with Crippen molar-refractivity contribution in [2.24, 2.45) is 23.7 Å². The van der Waals surface area contributed by atoms with Crippen molar-refractivity contribution in [1.82, 2.24) is 5.06 Å². The average Bonchev–Trinajstić information content (AvgIpc) is 3.69. The second-order valence-electron chi connectivity index (χ2n) is 11.9. The Hall–Kier alpha value is -3.02. The van der Waals surface area contributed by atoms with Crippen molar-refractivity contribution in [2.45, 2.75) is 62.0 Å². The van der Waals surface area contributed by atoms with Crippen LogP contribution < -0.4 is 4.74 Å². The van der Waals surface area contributed by atoms with Crippen molar-refractivity contribution in [3.05, 3.63) is 64.7 Å². The van der Waals surface area contributed by atoms with Gasteiger partial charge in [0.25, 0.3) is 5.91 Å². The van der Waals surface area contributed by atoms with Crippen LogP contribution in [0.4, 0.5) is 0 Å². The average molecular weight is 552 g/mol. The number of nitrogens with zero attached hydrogens (tertiary/aromatic N) is 1. The van der Waals surface area contributed by atoms with E-state index >= 15 is 0 Å². The molecule has 1 amide bonds. The molecule has 5 aliphatic rings. The minimum absolute atomic E-state index is 0.319. The van der Waals surface area contributed by atoms with E-state index in [1.165, 1.54) is 14.2 Å². The van der Waals surface area contributed by atoms with Crippen LogP contribution in [0.1, 0.15) is 34.6 Å². The van der Waals surface area contributed by atoms with Crippen molar-refractivity contribution in [1.29, 1.82) is 0 Å². The molecule has 1 saturated carbocycles. The summed E-state index contributed by atoms with van der Waals surface area (Å²) >= 11 is 0. The number of ether oxygens (including phenoxy) is 3. The van der Waals surface area contributed by atoms with E-state index in [2.05, 4.69) is 0 Å². The summed E-state index contributed by atoms with van der Waals surface area (Å²) in [5, 5.41) is 37.0. The molecule has 2 aromatic carbocycles. The maximum atomic E-state index is 13.9. The van der Waals surface area contributed by atoms with Gasteiger partial charge in [-0.1, -0.05) is 36.4 Å². The Bertz CT molecular complexity index is 1400. The maximum absolute atomic E-state index is 13.9. The van der Waals surface area contributed by atoms with Gasteiger partial charge >= 0.3 is 5.97 Å². The number of hydrogen-bond donors (Lipinski definition) is 3. The number of carbonyl (C=O) groups excluding carboxylic acids is 2. The van der Waals surface area contributed by atoms with E-state index in [0.717, 1.165) is 16.2 Å². The van der Waals surface area contributed by atoms with Crippen molar-refractivity contribution in [2.75, 3.05) is 14.2 Å². The zero-order valence-corrected chi connectivity index (χ0v) is 22.7. The number of aliphatic hydroxyl groups is 3. The van der Waals surface area contributed by atoms with Gasteiger partial charge < -0.3 is 29.5 Å². The van der Waals surface area contributed by atoms with Gasteiger partial charge in [-0.2, -0.15) is 0 Å². The van der Waals surface area contributed by atoms with Gasteiger partial charge in [0.2, 0.25) is 6.29 Å². The number of benzene rings is 2. The minimum atomic E-state index is -2.03. The summed E-state index contributed by atoms with van der Waals surface area (Å²) in [6.07, 6.45) is -3.88. The molecule has 8 unspecified atom stereocenters. The van der Waals surface area contributed by atoms with E-state index in [0.29, 0.717) is 23.3 Å². The Morgan fingerprint density at radius 1 is 1.15 bits per heavy atom. The van der Waals surface area contributed by atoms with Crippen LogP contribution in [0.2, 0.25) is 0 Å². The quantitative estimate of drug-likeness (QED) is 0.380. The van der Waals surface area contributed by atoms with Crippen molar-refractivity contribution < 1.29 is 44.0 Å². The number of hydrogen-bond acceptors (Lipinski definition) is 9. The molecule has 2 bridgehead atoms. The number of amides is 1. The highest BCUT2D eigenvalue weighted by atomic mass is 16.7. The molecule has 0 radical (unpaired) electrons. The third-order valence-electron chi connectivity index (χ3n) is 10.1. The monoisotopic (exact) mass is 551 g/mol. The van der Waals surface area contributed by atoms with Crippen LogP contribution in [0.25, 0.3) is 0 Å². The third-order valence-corrected chi connectivity index (χ3v) is 10.1. The summed E-state index contributed by atoms with van der Waals surface area (Å²) in [6.45, 7) is 3.78. The lowest BCUT2D eigenvalue weighted by atomic mass is 9.60. The molecule has 1 aliphatic carbocycles. The molecule has 7 rings (SSSR count). The molecule has 0 spiro atoms. The second kappa shape index (κ2) is 8.50. The van der Waals surface area contributed by atoms with E-state index in [9.17, 15) is 24.9 Å². The molecule has 3 saturated heterocycles. The standard InChI is InChI=1S/C30H33NO9/c1-13-10-14(2)22-18(11-13)40-30(16-12-17-19-20(24(16)38-17)28(35)39-27(19)34)23(15-8-6-5-7-9-15)21(25(32)29(22,30)36)26(33)31(3)37-4/h5-11,16-17,19-21,23-25,28,32,35-36H,12H2,1-4H3/t16?,17?,19?,20?,21-,23?,24?,25-,28?,29+,30?/m1/s1. The highest BCUT2D eigenvalue weighted by molar-refractivity contribution is 5.82. The zero-order valence-electron chi connectivity index (χ0n) is 22.7. The van der Waals surface area contributed by atoms with E-state index < -0.39 is 77.3 Å². The van der Waals surface area contributed by atoms with Gasteiger partial charge in [-0.15, -0.1) is 0 Å². The normalized spacial score (nSPS) is 42.3. The van der Waals surface area contributed by atoms with E-state index in [-0.39, 0.29) is 0 Å². The highest BCUT2D eigenvalue weighted by Crippen LogP contribution is 2.71. The summed E-state index contributed by atoms with van der Waals surface area (Å²) in [5.74, 6) is -4.45. The van der Waals surface area contributed by atoms with E-state index in [4.69, 9.17) is 19.0 Å². The van der Waals surface area contributed by atoms with Gasteiger partial charge in [-0.3, -0.25) is 14.4 Å². The number of aliphatic hydroxyl groups excluding tert-OH is 2. The summed E-state index contributed by atoms with van der Waals surface area (Å²) < 4.78 is 18.5. The third kappa shape index (κ3) is 2.95. The van der Waals surface area contributed by atoms with Crippen LogP contribution >= 0.6 is 0 Å². The lowest BCUT2D eigenvalue weighted by molar-refractivity contribution is -0.190. The first-order valence-electron chi connectivity index (χ1n) is 13.7. The molecule has 4 heterocycles. The van der Waals surface area contributed by atoms with Crippen LogP contribution in [-0.2, 0) is 29.5 Å². The maximum Gasteiger partial charge on any atom is 0.314 e. The Kier molecular flexibility index (Phi) is 5.51. The molecule has 4 fully saturated rings. The number of rotatable bonds is 4. The molecule has 40 heavy (non-hydrogen) atoms. The van der Waals surface area contributed by atoms with Crippen LogP contribution in [0.15, 0.2) is 42.5 Å². The molecule has 2 aromatic rings. The van der Waals surface area contributed by atoms with E-state index in [1.54, 1.807) is 0 Å². The number of esters is 1. The fourth-order valence-corrected chi connectivity index (χ4v) is 8.75. The second-order valence-corrected chi connectivity index (χ2v) is 11.9. The molecule has 10 nitrogen and oxygen atoms in total. The highest BCUT2D eigenvalue weighted by Gasteiger charge is 2.82. The first-order valence-corrected chi connectivity index (χ1v) is 13.7. The largest absolute Gasteiger partial charge is 0.482 e. The molecule has 3 N–H and O–H groups in total. The Balaban J connectivity index is 1.49. The molecular weight excluding hydrogens is 518 g/mol. The topological polar surface area (TPSA) is 135 Å². The lowest BCUT2D eigenvalue weighted by Gasteiger charge is -2.47. The lowest BCUT2D eigenvalue weighted by Crippen LogP contribution is -2.62. The Morgan fingerprint density at radius 3 is 2.58 bits per heavy atom. The van der Waals surface area contributed by atoms with Crippen LogP contribution in [-0.4, -0.2) is 76.6 Å². The van der Waals surface area contributed by atoms with Gasteiger partial charge in [0.05, 0.1) is 37.1 Å². The smallest absolute Gasteiger partial charge is 0.314 e. The molecule has 4 aliphatic heterocycles. The van der Waals surface area contributed by atoms with Gasteiger partial charge in [0, 0.05) is 24.4 Å². The minimum Gasteiger partial charge on any atom is -0.482 e. The van der Waals surface area contributed by atoms with Gasteiger partial charge in [0.15, 0.2) is 11.2 Å². The molecule has 212 valence electrons. The van der Waals surface area contributed by atoms with E-state index in [1.807, 2.05) is 56.3 Å². The van der Waals surface area contributed by atoms with Crippen molar-refractivity contribution in [3.8, 4) is 5.75 Å². The molecule has 10 heteroatoms. The molecular formula is C30H33NO9. The summed E-state index contributed by atoms with van der Waals surface area (Å²) in [7, 11) is 2.83. The van der Waals surface area contributed by atoms with Crippen molar-refractivity contribution in [3.63, 3.8) is 0 Å². The zero-order chi connectivity index (χ0) is 28.3. The Labute approximate surface area is 231 Å². The fraction of sp³-hybridized carbons (Fsp3) is 0.533. The summed E-state index contributed by atoms with van der Waals surface area (Å²) in [6, 6.07) is 13.0. The number of aryl methyl sites for hydroxylation is 2. The number of fused-ring (bicyclic) bond motifs is 8. The number of cyclic esters (lactones) is 1. The summed E-state index contributed by atoms with van der Waals surface area (Å²) in [4.78, 5) is 31.8. The van der Waals surface area contributed by atoms with Crippen LogP contribution in [0.3, 0.4) is 0 Å².